The summed E-state index contributed by atoms with van der Waals surface area (Å²) in [5.41, 5.74) is 0.842. The van der Waals surface area contributed by atoms with E-state index < -0.39 is 20.0 Å². The molecule has 2 aromatic carbocycles. The highest BCUT2D eigenvalue weighted by atomic mass is 35.5. The van der Waals surface area contributed by atoms with E-state index in [1.165, 1.54) is 24.3 Å². The molecule has 0 aliphatic heterocycles. The maximum Gasteiger partial charge on any atom is 0.241 e. The summed E-state index contributed by atoms with van der Waals surface area (Å²) in [6.07, 6.45) is 3.50. The van der Waals surface area contributed by atoms with Gasteiger partial charge in [-0.15, -0.1) is 0 Å². The lowest BCUT2D eigenvalue weighted by atomic mass is 10.0. The molecule has 0 saturated heterocycles. The average Bonchev–Trinajstić information content (AvgIpc) is 3.55. The fourth-order valence-electron chi connectivity index (χ4n) is 3.07. The summed E-state index contributed by atoms with van der Waals surface area (Å²) in [7, 11) is -7.62. The number of sulfonamides is 2. The van der Waals surface area contributed by atoms with Crippen molar-refractivity contribution in [1.82, 2.24) is 9.44 Å². The molecule has 2 fully saturated rings. The van der Waals surface area contributed by atoms with Crippen molar-refractivity contribution in [3.05, 3.63) is 59.1 Å². The molecule has 0 aromatic heterocycles. The first-order chi connectivity index (χ1) is 13.2. The Balaban J connectivity index is 1.60. The van der Waals surface area contributed by atoms with E-state index in [4.69, 9.17) is 11.6 Å². The van der Waals surface area contributed by atoms with Crippen LogP contribution in [0.1, 0.15) is 37.3 Å². The van der Waals surface area contributed by atoms with Gasteiger partial charge in [0.05, 0.1) is 9.79 Å². The van der Waals surface area contributed by atoms with Gasteiger partial charge in [-0.1, -0.05) is 29.8 Å². The second-order valence-electron chi connectivity index (χ2n) is 7.36. The van der Waals surface area contributed by atoms with Crippen molar-refractivity contribution in [3.8, 4) is 0 Å². The summed E-state index contributed by atoms with van der Waals surface area (Å²) in [6, 6.07) is 12.1. The summed E-state index contributed by atoms with van der Waals surface area (Å²) in [4.78, 5) is -0.109. The van der Waals surface area contributed by atoms with Gasteiger partial charge in [-0.3, -0.25) is 0 Å². The van der Waals surface area contributed by atoms with Crippen molar-refractivity contribution in [3.63, 3.8) is 0 Å². The van der Waals surface area contributed by atoms with Gasteiger partial charge in [0.15, 0.2) is 0 Å². The summed E-state index contributed by atoms with van der Waals surface area (Å²) < 4.78 is 56.1. The molecule has 9 heteroatoms. The molecule has 6 nitrogen and oxygen atoms in total. The molecule has 2 aliphatic rings. The van der Waals surface area contributed by atoms with Gasteiger partial charge in [0, 0.05) is 17.1 Å². The van der Waals surface area contributed by atoms with Crippen LogP contribution >= 0.6 is 11.6 Å². The van der Waals surface area contributed by atoms with Crippen LogP contribution in [0.15, 0.2) is 58.3 Å². The van der Waals surface area contributed by atoms with E-state index in [2.05, 4.69) is 9.44 Å². The third kappa shape index (κ3) is 4.58. The standard InChI is InChI=1S/C19H21ClN2O4S2/c20-15-8-6-14(7-9-15)19(13-4-5-13)22-28(25,26)18-3-1-2-17(12-18)27(23,24)21-16-10-11-16/h1-3,6-9,12-13,16,19,21-22H,4-5,10-11H2. The summed E-state index contributed by atoms with van der Waals surface area (Å²) in [6.45, 7) is 0. The molecule has 1 unspecified atom stereocenters. The van der Waals surface area contributed by atoms with Gasteiger partial charge in [-0.05, 0) is 67.5 Å². The van der Waals surface area contributed by atoms with Crippen LogP contribution < -0.4 is 9.44 Å². The number of hydrogen-bond donors (Lipinski definition) is 2. The molecule has 28 heavy (non-hydrogen) atoms. The molecule has 2 N–H and O–H groups in total. The minimum absolute atomic E-state index is 0.0447. The quantitative estimate of drug-likeness (QED) is 0.659. The predicted octanol–water partition coefficient (Wildman–Crippen LogP) is 3.21. The van der Waals surface area contributed by atoms with Crippen LogP contribution in [0.3, 0.4) is 0 Å². The van der Waals surface area contributed by atoms with Crippen molar-refractivity contribution in [2.24, 2.45) is 5.92 Å². The van der Waals surface area contributed by atoms with Gasteiger partial charge in [-0.2, -0.15) is 0 Å². The predicted molar refractivity (Wildman–Crippen MR) is 107 cm³/mol. The maximum atomic E-state index is 13.0. The highest BCUT2D eigenvalue weighted by Gasteiger charge is 2.36. The largest absolute Gasteiger partial charge is 0.241 e. The molecule has 2 aromatic rings. The molecule has 1 atom stereocenters. The van der Waals surface area contributed by atoms with E-state index in [0.717, 1.165) is 31.2 Å². The monoisotopic (exact) mass is 440 g/mol. The highest BCUT2D eigenvalue weighted by molar-refractivity contribution is 7.90. The molecule has 0 radical (unpaired) electrons. The summed E-state index contributed by atoms with van der Waals surface area (Å²) in [5, 5.41) is 0.585. The van der Waals surface area contributed by atoms with Crippen molar-refractivity contribution in [2.45, 2.75) is 47.6 Å². The van der Waals surface area contributed by atoms with Crippen LogP contribution in [0.5, 0.6) is 0 Å². The lowest BCUT2D eigenvalue weighted by molar-refractivity contribution is 0.529. The van der Waals surface area contributed by atoms with E-state index in [-0.39, 0.29) is 27.8 Å². The highest BCUT2D eigenvalue weighted by Crippen LogP contribution is 2.42. The summed E-state index contributed by atoms with van der Waals surface area (Å²) >= 11 is 5.94. The first-order valence-electron chi connectivity index (χ1n) is 9.15. The number of benzene rings is 2. The fourth-order valence-corrected chi connectivity index (χ4v) is 5.96. The minimum Gasteiger partial charge on any atom is -0.208 e. The third-order valence-corrected chi connectivity index (χ3v) is 8.14. The van der Waals surface area contributed by atoms with Crippen molar-refractivity contribution in [1.29, 1.82) is 0 Å². The van der Waals surface area contributed by atoms with Crippen molar-refractivity contribution >= 4 is 31.6 Å². The smallest absolute Gasteiger partial charge is 0.208 e. The average molecular weight is 441 g/mol. The SMILES string of the molecule is O=S(=O)(NC1CC1)c1cccc(S(=O)(=O)NC(c2ccc(Cl)cc2)C2CC2)c1. The molecule has 0 spiro atoms. The number of halogens is 1. The lowest BCUT2D eigenvalue weighted by Gasteiger charge is -2.19. The van der Waals surface area contributed by atoms with Crippen molar-refractivity contribution < 1.29 is 16.8 Å². The molecule has 0 amide bonds. The van der Waals surface area contributed by atoms with Gasteiger partial charge in [-0.25, -0.2) is 26.3 Å². The van der Waals surface area contributed by atoms with E-state index in [1.54, 1.807) is 12.1 Å². The maximum absolute atomic E-state index is 13.0. The van der Waals surface area contributed by atoms with Gasteiger partial charge in [0.1, 0.15) is 0 Å². The zero-order valence-electron chi connectivity index (χ0n) is 15.0. The van der Waals surface area contributed by atoms with E-state index >= 15 is 0 Å². The zero-order chi connectivity index (χ0) is 19.9. The van der Waals surface area contributed by atoms with Crippen LogP contribution in [0, 0.1) is 5.92 Å². The second kappa shape index (κ2) is 7.42. The first kappa shape index (κ1) is 19.8. The topological polar surface area (TPSA) is 92.3 Å². The van der Waals surface area contributed by atoms with Gasteiger partial charge < -0.3 is 0 Å². The second-order valence-corrected chi connectivity index (χ2v) is 11.2. The lowest BCUT2D eigenvalue weighted by Crippen LogP contribution is -2.30. The molecule has 2 aliphatic carbocycles. The van der Waals surface area contributed by atoms with Crippen LogP contribution in [-0.4, -0.2) is 22.9 Å². The molecular weight excluding hydrogens is 420 g/mol. The minimum atomic E-state index is -3.89. The van der Waals surface area contributed by atoms with E-state index in [0.29, 0.717) is 5.02 Å². The number of hydrogen-bond acceptors (Lipinski definition) is 4. The Morgan fingerprint density at radius 1 is 0.857 bits per heavy atom. The molecule has 150 valence electrons. The van der Waals surface area contributed by atoms with Gasteiger partial charge in [0.25, 0.3) is 0 Å². The van der Waals surface area contributed by atoms with Crippen LogP contribution in [0.2, 0.25) is 5.02 Å². The normalized spacial score (nSPS) is 18.8. The van der Waals surface area contributed by atoms with E-state index in [1.807, 2.05) is 12.1 Å². The van der Waals surface area contributed by atoms with Gasteiger partial charge >= 0.3 is 0 Å². The number of rotatable bonds is 8. The van der Waals surface area contributed by atoms with E-state index in [9.17, 15) is 16.8 Å². The van der Waals surface area contributed by atoms with Crippen molar-refractivity contribution in [2.75, 3.05) is 0 Å². The number of nitrogens with one attached hydrogen (secondary N) is 2. The molecular formula is C19H21ClN2O4S2. The molecule has 0 heterocycles. The van der Waals surface area contributed by atoms with Crippen LogP contribution in [0.4, 0.5) is 0 Å². The summed E-state index contributed by atoms with van der Waals surface area (Å²) in [5.74, 6) is 0.222. The third-order valence-electron chi connectivity index (χ3n) is 4.93. The zero-order valence-corrected chi connectivity index (χ0v) is 17.4. The Kier molecular flexibility index (Phi) is 5.26. The molecule has 4 rings (SSSR count). The Labute approximate surface area is 170 Å². The Hall–Kier alpha value is -1.45. The fraction of sp³-hybridized carbons (Fsp3) is 0.368. The van der Waals surface area contributed by atoms with Crippen LogP contribution in [0.25, 0.3) is 0 Å². The Morgan fingerprint density at radius 2 is 1.46 bits per heavy atom. The Morgan fingerprint density at radius 3 is 2.04 bits per heavy atom. The molecule has 2 saturated carbocycles. The van der Waals surface area contributed by atoms with Gasteiger partial charge in [0.2, 0.25) is 20.0 Å². The molecule has 0 bridgehead atoms. The van der Waals surface area contributed by atoms with Crippen LogP contribution in [-0.2, 0) is 20.0 Å². The first-order valence-corrected chi connectivity index (χ1v) is 12.5. The Bertz CT molecular complexity index is 1080.